The van der Waals surface area contributed by atoms with Crippen molar-refractivity contribution in [3.63, 3.8) is 0 Å². The third kappa shape index (κ3) is 10.7. The lowest BCUT2D eigenvalue weighted by molar-refractivity contribution is -0.133. The normalized spacial score (nSPS) is 12.3. The van der Waals surface area contributed by atoms with Crippen molar-refractivity contribution in [2.45, 2.75) is 38.8 Å². The minimum Gasteiger partial charge on any atom is -0.497 e. The molecule has 1 atom stereocenters. The summed E-state index contributed by atoms with van der Waals surface area (Å²) in [5.74, 6) is 0.668. The lowest BCUT2D eigenvalue weighted by atomic mass is 10.1. The van der Waals surface area contributed by atoms with Crippen LogP contribution in [0.2, 0.25) is 0 Å². The van der Waals surface area contributed by atoms with Crippen LogP contribution in [0.4, 0.5) is 10.5 Å². The molecule has 1 amide bonds. The molecule has 0 aliphatic heterocycles. The maximum absolute atomic E-state index is 13.0. The number of esters is 1. The van der Waals surface area contributed by atoms with Gasteiger partial charge >= 0.3 is 12.1 Å². The van der Waals surface area contributed by atoms with Crippen molar-refractivity contribution in [2.75, 3.05) is 24.8 Å². The van der Waals surface area contributed by atoms with Gasteiger partial charge in [0.1, 0.15) is 17.1 Å². The fraction of sp³-hybridized carbons (Fsp3) is 0.243. The zero-order valence-corrected chi connectivity index (χ0v) is 28.4. The molecule has 2 N–H and O–H groups in total. The maximum Gasteiger partial charge on any atom is 0.419 e. The van der Waals surface area contributed by atoms with Gasteiger partial charge in [-0.15, -0.1) is 0 Å². The van der Waals surface area contributed by atoms with E-state index >= 15 is 0 Å². The smallest absolute Gasteiger partial charge is 0.419 e. The molecule has 1 unspecified atom stereocenters. The number of nitrogens with two attached hydrogens (primary N) is 1. The van der Waals surface area contributed by atoms with Gasteiger partial charge in [0.25, 0.3) is 0 Å². The van der Waals surface area contributed by atoms with Gasteiger partial charge in [-0.25, -0.2) is 13.2 Å². The second-order valence-corrected chi connectivity index (χ2v) is 13.9. The first-order valence-corrected chi connectivity index (χ1v) is 16.9. The minimum absolute atomic E-state index is 0.0802. The van der Waals surface area contributed by atoms with Gasteiger partial charge in [-0.2, -0.15) is 0 Å². The van der Waals surface area contributed by atoms with Gasteiger partial charge in [-0.1, -0.05) is 48.5 Å². The molecule has 0 bridgehead atoms. The Balaban J connectivity index is 1.40. The van der Waals surface area contributed by atoms with Crippen LogP contribution in [0.15, 0.2) is 102 Å². The van der Waals surface area contributed by atoms with E-state index in [-0.39, 0.29) is 17.9 Å². The van der Waals surface area contributed by atoms with E-state index in [4.69, 9.17) is 24.7 Å². The zero-order chi connectivity index (χ0) is 34.9. The molecular formula is C37H40N2O8S. The molecule has 11 heteroatoms. The van der Waals surface area contributed by atoms with Crippen LogP contribution in [0.5, 0.6) is 23.0 Å². The lowest BCUT2D eigenvalue weighted by Gasteiger charge is -2.24. The molecule has 0 heterocycles. The third-order valence-electron chi connectivity index (χ3n) is 6.93. The SMILES string of the molecule is COc1ccc(CC(=O)Oc2ccc(C(N)CS(=O)(=O)C=Cc3ccc(OC(C)(C)C)c(OC(=O)N(C)c4ccccc4)c3)cc2)cc1. The van der Waals surface area contributed by atoms with E-state index in [9.17, 15) is 18.0 Å². The second kappa shape index (κ2) is 15.6. The Morgan fingerprint density at radius 1 is 0.854 bits per heavy atom. The average Bonchev–Trinajstić information content (AvgIpc) is 3.04. The van der Waals surface area contributed by atoms with Gasteiger partial charge in [-0.05, 0) is 92.1 Å². The number of para-hydroxylation sites is 1. The number of carbonyl (C=O) groups is 2. The molecule has 4 aromatic rings. The van der Waals surface area contributed by atoms with Crippen LogP contribution in [-0.2, 0) is 21.1 Å². The Morgan fingerprint density at radius 2 is 1.50 bits per heavy atom. The van der Waals surface area contributed by atoms with Gasteiger partial charge in [0.05, 0.1) is 19.3 Å². The summed E-state index contributed by atoms with van der Waals surface area (Å²) in [6, 6.07) is 26.5. The number of ether oxygens (including phenoxy) is 4. The Hall–Kier alpha value is -5.13. The summed E-state index contributed by atoms with van der Waals surface area (Å²) in [5.41, 5.74) is 8.11. The second-order valence-electron chi connectivity index (χ2n) is 12.0. The molecule has 48 heavy (non-hydrogen) atoms. The highest BCUT2D eigenvalue weighted by atomic mass is 32.2. The zero-order valence-electron chi connectivity index (χ0n) is 27.6. The van der Waals surface area contributed by atoms with E-state index in [1.54, 1.807) is 93.0 Å². The average molecular weight is 673 g/mol. The van der Waals surface area contributed by atoms with E-state index in [0.29, 0.717) is 34.1 Å². The van der Waals surface area contributed by atoms with Crippen molar-refractivity contribution in [1.82, 2.24) is 0 Å². The molecule has 252 valence electrons. The molecule has 0 aliphatic rings. The van der Waals surface area contributed by atoms with Gasteiger partial charge in [0.2, 0.25) is 0 Å². The highest BCUT2D eigenvalue weighted by Crippen LogP contribution is 2.33. The molecule has 10 nitrogen and oxygen atoms in total. The molecule has 0 saturated carbocycles. The Kier molecular flexibility index (Phi) is 11.6. The number of rotatable bonds is 12. The topological polar surface area (TPSA) is 134 Å². The van der Waals surface area contributed by atoms with E-state index in [2.05, 4.69) is 0 Å². The van der Waals surface area contributed by atoms with Gasteiger partial charge in [-0.3, -0.25) is 9.69 Å². The van der Waals surface area contributed by atoms with Crippen molar-refractivity contribution in [2.24, 2.45) is 5.73 Å². The number of sulfone groups is 1. The van der Waals surface area contributed by atoms with E-state index < -0.39 is 33.5 Å². The first kappa shape index (κ1) is 35.7. The molecule has 4 rings (SSSR count). The number of hydrogen-bond donors (Lipinski definition) is 1. The van der Waals surface area contributed by atoms with Crippen molar-refractivity contribution in [3.05, 3.63) is 119 Å². The first-order chi connectivity index (χ1) is 22.7. The largest absolute Gasteiger partial charge is 0.497 e. The Bertz CT molecular complexity index is 1830. The summed E-state index contributed by atoms with van der Waals surface area (Å²) in [5, 5.41) is 1.07. The molecule has 0 radical (unpaired) electrons. The van der Waals surface area contributed by atoms with Gasteiger partial charge < -0.3 is 24.7 Å². The van der Waals surface area contributed by atoms with Crippen LogP contribution in [0.25, 0.3) is 6.08 Å². The number of nitrogens with zero attached hydrogens (tertiary/aromatic N) is 1. The molecule has 0 fully saturated rings. The number of carbonyl (C=O) groups excluding carboxylic acids is 2. The van der Waals surface area contributed by atoms with Gasteiger partial charge in [0.15, 0.2) is 21.3 Å². The summed E-state index contributed by atoms with van der Waals surface area (Å²) >= 11 is 0. The minimum atomic E-state index is -3.77. The summed E-state index contributed by atoms with van der Waals surface area (Å²) in [7, 11) is -0.610. The van der Waals surface area contributed by atoms with Crippen LogP contribution in [0.1, 0.15) is 43.5 Å². The molecular weight excluding hydrogens is 632 g/mol. The van der Waals surface area contributed by atoms with E-state index in [1.165, 1.54) is 11.0 Å². The predicted octanol–water partition coefficient (Wildman–Crippen LogP) is 6.74. The van der Waals surface area contributed by atoms with E-state index in [1.807, 2.05) is 39.0 Å². The fourth-order valence-corrected chi connectivity index (χ4v) is 5.66. The fourth-order valence-electron chi connectivity index (χ4n) is 4.49. The molecule has 4 aromatic carbocycles. The van der Waals surface area contributed by atoms with Crippen molar-refractivity contribution >= 4 is 33.7 Å². The number of anilines is 1. The summed E-state index contributed by atoms with van der Waals surface area (Å²) in [6.07, 6.45) is 0.848. The van der Waals surface area contributed by atoms with E-state index in [0.717, 1.165) is 11.0 Å². The number of hydrogen-bond acceptors (Lipinski definition) is 9. The van der Waals surface area contributed by atoms with Crippen molar-refractivity contribution in [3.8, 4) is 23.0 Å². The Morgan fingerprint density at radius 3 is 2.12 bits per heavy atom. The third-order valence-corrected chi connectivity index (χ3v) is 8.30. The standard InChI is InChI=1S/C37H40N2O8S/c1-37(2,3)47-33-20-13-27(23-34(33)46-36(41)39(4)29-9-7-6-8-10-29)21-22-48(42,43)25-32(38)28-14-18-31(19-15-28)45-35(40)24-26-11-16-30(44-5)17-12-26/h6-23,32H,24-25,38H2,1-5H3. The van der Waals surface area contributed by atoms with Crippen molar-refractivity contribution in [1.29, 1.82) is 0 Å². The number of methoxy groups -OCH3 is 1. The summed E-state index contributed by atoms with van der Waals surface area (Å²) in [4.78, 5) is 26.7. The molecule has 0 aliphatic carbocycles. The molecule has 0 saturated heterocycles. The monoisotopic (exact) mass is 672 g/mol. The Labute approximate surface area is 281 Å². The molecule has 0 spiro atoms. The van der Waals surface area contributed by atoms with Crippen LogP contribution in [-0.4, -0.2) is 46.0 Å². The number of benzene rings is 4. The highest BCUT2D eigenvalue weighted by molar-refractivity contribution is 7.94. The predicted molar refractivity (Wildman–Crippen MR) is 186 cm³/mol. The van der Waals surface area contributed by atoms with Gasteiger partial charge in [0, 0.05) is 24.2 Å². The summed E-state index contributed by atoms with van der Waals surface area (Å²) in [6.45, 7) is 5.59. The van der Waals surface area contributed by atoms with Crippen LogP contribution >= 0.6 is 0 Å². The quantitative estimate of drug-likeness (QED) is 0.128. The first-order valence-electron chi connectivity index (χ1n) is 15.1. The summed E-state index contributed by atoms with van der Waals surface area (Å²) < 4.78 is 48.3. The van der Waals surface area contributed by atoms with Crippen molar-refractivity contribution < 1.29 is 37.0 Å². The van der Waals surface area contributed by atoms with Crippen LogP contribution in [0, 0.1) is 0 Å². The maximum atomic E-state index is 13.0. The molecule has 0 aromatic heterocycles. The van der Waals surface area contributed by atoms with Crippen LogP contribution < -0.4 is 29.6 Å². The lowest BCUT2D eigenvalue weighted by Crippen LogP contribution is -2.30. The van der Waals surface area contributed by atoms with Crippen LogP contribution in [0.3, 0.4) is 0 Å². The number of amides is 1. The highest BCUT2D eigenvalue weighted by Gasteiger charge is 2.21.